The van der Waals surface area contributed by atoms with E-state index in [0.717, 1.165) is 25.7 Å². The van der Waals surface area contributed by atoms with Crippen LogP contribution in [-0.4, -0.2) is 28.0 Å². The summed E-state index contributed by atoms with van der Waals surface area (Å²) in [4.78, 5) is 27.8. The molecule has 1 aliphatic carbocycles. The molecule has 0 spiro atoms. The maximum Gasteiger partial charge on any atom is 0.306 e. The zero-order valence-electron chi connectivity index (χ0n) is 15.2. The number of pyridine rings is 1. The van der Waals surface area contributed by atoms with Crippen LogP contribution in [0.1, 0.15) is 43.0 Å². The molecule has 2 aromatic rings. The molecule has 1 heterocycles. The molecular weight excluding hydrogens is 347 g/mol. The summed E-state index contributed by atoms with van der Waals surface area (Å²) in [7, 11) is 0. The van der Waals surface area contributed by atoms with Gasteiger partial charge in [0.1, 0.15) is 5.82 Å². The van der Waals surface area contributed by atoms with Gasteiger partial charge in [0, 0.05) is 17.8 Å². The van der Waals surface area contributed by atoms with Gasteiger partial charge in [0.15, 0.2) is 0 Å². The molecule has 5 nitrogen and oxygen atoms in total. The predicted octanol–water partition coefficient (Wildman–Crippen LogP) is 3.90. The fraction of sp³-hybridized carbons (Fsp3) is 0.381. The summed E-state index contributed by atoms with van der Waals surface area (Å²) >= 11 is 0. The van der Waals surface area contributed by atoms with Crippen LogP contribution in [0, 0.1) is 17.7 Å². The van der Waals surface area contributed by atoms with Crippen molar-refractivity contribution in [3.05, 3.63) is 54.0 Å². The second kappa shape index (κ2) is 8.29. The Morgan fingerprint density at radius 1 is 1.19 bits per heavy atom. The Bertz CT molecular complexity index is 814. The first-order valence-corrected chi connectivity index (χ1v) is 9.19. The van der Waals surface area contributed by atoms with Crippen LogP contribution in [0.3, 0.4) is 0 Å². The summed E-state index contributed by atoms with van der Waals surface area (Å²) in [5, 5.41) is 12.1. The number of halogens is 1. The van der Waals surface area contributed by atoms with Gasteiger partial charge in [0.05, 0.1) is 17.2 Å². The van der Waals surface area contributed by atoms with Gasteiger partial charge in [-0.15, -0.1) is 0 Å². The largest absolute Gasteiger partial charge is 0.481 e. The van der Waals surface area contributed by atoms with Gasteiger partial charge >= 0.3 is 5.97 Å². The molecule has 27 heavy (non-hydrogen) atoms. The van der Waals surface area contributed by atoms with Crippen molar-refractivity contribution >= 4 is 11.9 Å². The van der Waals surface area contributed by atoms with Crippen molar-refractivity contribution in [2.45, 2.75) is 38.6 Å². The number of aliphatic carboxylic acids is 1. The molecule has 1 unspecified atom stereocenters. The first-order chi connectivity index (χ1) is 12.9. The van der Waals surface area contributed by atoms with E-state index in [1.54, 1.807) is 31.2 Å². The third kappa shape index (κ3) is 4.70. The average Bonchev–Trinajstić information content (AvgIpc) is 2.68. The van der Waals surface area contributed by atoms with E-state index in [4.69, 9.17) is 5.11 Å². The van der Waals surface area contributed by atoms with Crippen molar-refractivity contribution in [3.8, 4) is 11.3 Å². The van der Waals surface area contributed by atoms with Crippen LogP contribution >= 0.6 is 0 Å². The van der Waals surface area contributed by atoms with E-state index in [1.165, 1.54) is 18.3 Å². The van der Waals surface area contributed by atoms with E-state index in [2.05, 4.69) is 10.3 Å². The normalized spacial score (nSPS) is 20.7. The van der Waals surface area contributed by atoms with Crippen LogP contribution in [-0.2, 0) is 4.79 Å². The van der Waals surface area contributed by atoms with Crippen LogP contribution in [0.25, 0.3) is 11.3 Å². The first-order valence-electron chi connectivity index (χ1n) is 9.19. The highest BCUT2D eigenvalue weighted by molar-refractivity contribution is 5.94. The van der Waals surface area contributed by atoms with E-state index >= 15 is 0 Å². The average molecular weight is 370 g/mol. The number of carbonyl (C=O) groups excluding carboxylic acids is 1. The third-order valence-electron chi connectivity index (χ3n) is 5.35. The van der Waals surface area contributed by atoms with Crippen LogP contribution in [0.15, 0.2) is 42.6 Å². The highest BCUT2D eigenvalue weighted by atomic mass is 19.1. The SMILES string of the molecule is CC(C(=O)O)C1CCC(NC(=O)c2ccc(-c3cccc(F)c3)nc2)CC1. The minimum Gasteiger partial charge on any atom is -0.481 e. The van der Waals surface area contributed by atoms with Crippen molar-refractivity contribution in [2.75, 3.05) is 0 Å². The van der Waals surface area contributed by atoms with Crippen molar-refractivity contribution in [1.29, 1.82) is 0 Å². The van der Waals surface area contributed by atoms with Crippen molar-refractivity contribution in [3.63, 3.8) is 0 Å². The molecule has 1 aromatic carbocycles. The Morgan fingerprint density at radius 2 is 1.93 bits per heavy atom. The van der Waals surface area contributed by atoms with Gasteiger partial charge in [0.25, 0.3) is 5.91 Å². The Hall–Kier alpha value is -2.76. The molecule has 1 amide bonds. The van der Waals surface area contributed by atoms with Gasteiger partial charge in [-0.25, -0.2) is 4.39 Å². The van der Waals surface area contributed by atoms with Crippen molar-refractivity contribution < 1.29 is 19.1 Å². The molecule has 0 radical (unpaired) electrons. The lowest BCUT2D eigenvalue weighted by molar-refractivity contribution is -0.143. The molecule has 6 heteroatoms. The Labute approximate surface area is 157 Å². The maximum absolute atomic E-state index is 13.3. The topological polar surface area (TPSA) is 79.3 Å². The van der Waals surface area contributed by atoms with Crippen LogP contribution in [0.2, 0.25) is 0 Å². The van der Waals surface area contributed by atoms with Crippen LogP contribution < -0.4 is 5.32 Å². The van der Waals surface area contributed by atoms with E-state index in [0.29, 0.717) is 16.8 Å². The molecule has 0 bridgehead atoms. The number of amides is 1. The fourth-order valence-electron chi connectivity index (χ4n) is 3.58. The Balaban J connectivity index is 1.57. The summed E-state index contributed by atoms with van der Waals surface area (Å²) in [5.74, 6) is -1.46. The number of carbonyl (C=O) groups is 2. The molecule has 0 saturated heterocycles. The number of nitrogens with one attached hydrogen (secondary N) is 1. The van der Waals surface area contributed by atoms with E-state index < -0.39 is 5.97 Å². The third-order valence-corrected chi connectivity index (χ3v) is 5.35. The number of carboxylic acid groups (broad SMARTS) is 1. The quantitative estimate of drug-likeness (QED) is 0.837. The van der Waals surface area contributed by atoms with Gasteiger partial charge in [-0.3, -0.25) is 14.6 Å². The summed E-state index contributed by atoms with van der Waals surface area (Å²) < 4.78 is 13.3. The molecule has 1 saturated carbocycles. The number of hydrogen-bond donors (Lipinski definition) is 2. The molecule has 1 aliphatic rings. The second-order valence-corrected chi connectivity index (χ2v) is 7.15. The van der Waals surface area contributed by atoms with Crippen molar-refractivity contribution in [1.82, 2.24) is 10.3 Å². The number of aromatic nitrogens is 1. The maximum atomic E-state index is 13.3. The summed E-state index contributed by atoms with van der Waals surface area (Å²) in [5.41, 5.74) is 1.72. The minimum atomic E-state index is -0.757. The predicted molar refractivity (Wildman–Crippen MR) is 99.6 cm³/mol. The molecule has 2 N–H and O–H groups in total. The van der Waals surface area contributed by atoms with E-state index in [9.17, 15) is 14.0 Å². The van der Waals surface area contributed by atoms with E-state index in [-0.39, 0.29) is 29.6 Å². The number of hydrogen-bond acceptors (Lipinski definition) is 3. The lowest BCUT2D eigenvalue weighted by atomic mass is 9.79. The number of nitrogens with zero attached hydrogens (tertiary/aromatic N) is 1. The van der Waals surface area contributed by atoms with Gasteiger partial charge in [-0.1, -0.05) is 19.1 Å². The lowest BCUT2D eigenvalue weighted by Gasteiger charge is -2.31. The fourth-order valence-corrected chi connectivity index (χ4v) is 3.58. The standard InChI is InChI=1S/C21H23FN2O3/c1-13(21(26)27)14-5-8-18(9-6-14)24-20(25)16-7-10-19(23-12-16)15-3-2-4-17(22)11-15/h2-4,7,10-14,18H,5-6,8-9H2,1H3,(H,24,25)(H,26,27). The van der Waals surface area contributed by atoms with Gasteiger partial charge in [-0.2, -0.15) is 0 Å². The highest BCUT2D eigenvalue weighted by Gasteiger charge is 2.29. The second-order valence-electron chi connectivity index (χ2n) is 7.15. The molecule has 0 aliphatic heterocycles. The number of carboxylic acids is 1. The first kappa shape index (κ1) is 19.0. The molecule has 1 atom stereocenters. The Morgan fingerprint density at radius 3 is 2.52 bits per heavy atom. The molecule has 1 fully saturated rings. The molecular formula is C21H23FN2O3. The number of rotatable bonds is 5. The van der Waals surface area contributed by atoms with Crippen LogP contribution in [0.4, 0.5) is 4.39 Å². The minimum absolute atomic E-state index is 0.0534. The monoisotopic (exact) mass is 370 g/mol. The Kier molecular flexibility index (Phi) is 5.84. The van der Waals surface area contributed by atoms with Crippen LogP contribution in [0.5, 0.6) is 0 Å². The van der Waals surface area contributed by atoms with Crippen molar-refractivity contribution in [2.24, 2.45) is 11.8 Å². The number of benzene rings is 1. The summed E-state index contributed by atoms with van der Waals surface area (Å²) in [6.45, 7) is 1.75. The lowest BCUT2D eigenvalue weighted by Crippen LogP contribution is -2.39. The smallest absolute Gasteiger partial charge is 0.306 e. The zero-order valence-corrected chi connectivity index (χ0v) is 15.2. The van der Waals surface area contributed by atoms with Gasteiger partial charge in [-0.05, 0) is 55.9 Å². The van der Waals surface area contributed by atoms with Gasteiger partial charge < -0.3 is 10.4 Å². The zero-order chi connectivity index (χ0) is 19.4. The highest BCUT2D eigenvalue weighted by Crippen LogP contribution is 2.30. The summed E-state index contributed by atoms with van der Waals surface area (Å²) in [6, 6.07) is 9.60. The van der Waals surface area contributed by atoms with Gasteiger partial charge in [0.2, 0.25) is 0 Å². The molecule has 142 valence electrons. The molecule has 3 rings (SSSR count). The molecule has 1 aromatic heterocycles. The van der Waals surface area contributed by atoms with E-state index in [1.807, 2.05) is 0 Å². The summed E-state index contributed by atoms with van der Waals surface area (Å²) in [6.07, 6.45) is 4.66.